The molecule has 2 atom stereocenters. The molecular weight excluding hydrogens is 284 g/mol. The Bertz CT molecular complexity index is 543. The minimum atomic E-state index is -3.44. The van der Waals surface area contributed by atoms with E-state index < -0.39 is 10.0 Å². The topological polar surface area (TPSA) is 63.4 Å². The van der Waals surface area contributed by atoms with Crippen LogP contribution < -0.4 is 5.73 Å². The molecule has 0 aromatic heterocycles. The average molecular weight is 312 g/mol. The molecule has 0 saturated heterocycles. The van der Waals surface area contributed by atoms with Crippen LogP contribution in [-0.2, 0) is 10.0 Å². The largest absolute Gasteiger partial charge is 0.324 e. The fourth-order valence-corrected chi connectivity index (χ4v) is 3.79. The summed E-state index contributed by atoms with van der Waals surface area (Å²) in [7, 11) is -3.44. The van der Waals surface area contributed by atoms with E-state index in [0.717, 1.165) is 18.4 Å². The molecule has 5 heteroatoms. The van der Waals surface area contributed by atoms with E-state index in [4.69, 9.17) is 5.73 Å². The molecular formula is C16H28N2O2S. The van der Waals surface area contributed by atoms with E-state index >= 15 is 0 Å². The van der Waals surface area contributed by atoms with Gasteiger partial charge in [0.05, 0.1) is 4.90 Å². The smallest absolute Gasteiger partial charge is 0.243 e. The van der Waals surface area contributed by atoms with Crippen LogP contribution in [0, 0.1) is 5.92 Å². The van der Waals surface area contributed by atoms with Gasteiger partial charge in [-0.15, -0.1) is 0 Å². The van der Waals surface area contributed by atoms with Gasteiger partial charge in [0.15, 0.2) is 0 Å². The van der Waals surface area contributed by atoms with Crippen molar-refractivity contribution in [3.8, 4) is 0 Å². The van der Waals surface area contributed by atoms with E-state index in [9.17, 15) is 8.42 Å². The van der Waals surface area contributed by atoms with E-state index in [1.54, 1.807) is 22.5 Å². The van der Waals surface area contributed by atoms with Gasteiger partial charge in [-0.3, -0.25) is 0 Å². The maximum absolute atomic E-state index is 12.8. The van der Waals surface area contributed by atoms with Crippen LogP contribution in [0.3, 0.4) is 0 Å². The molecule has 21 heavy (non-hydrogen) atoms. The average Bonchev–Trinajstić information content (AvgIpc) is 2.51. The van der Waals surface area contributed by atoms with Crippen molar-refractivity contribution in [1.82, 2.24) is 4.31 Å². The zero-order valence-electron chi connectivity index (χ0n) is 13.5. The lowest BCUT2D eigenvalue weighted by Gasteiger charge is -2.24. The van der Waals surface area contributed by atoms with Gasteiger partial charge in [0.2, 0.25) is 10.0 Å². The molecule has 0 aliphatic carbocycles. The summed E-state index contributed by atoms with van der Waals surface area (Å²) in [6, 6.07) is 6.90. The lowest BCUT2D eigenvalue weighted by molar-refractivity contribution is 0.361. The monoisotopic (exact) mass is 312 g/mol. The molecule has 1 aromatic rings. The number of nitrogens with two attached hydrogens (primary N) is 1. The molecule has 2 unspecified atom stereocenters. The summed E-state index contributed by atoms with van der Waals surface area (Å²) in [6.45, 7) is 9.05. The molecule has 2 N–H and O–H groups in total. The Morgan fingerprint density at radius 2 is 1.86 bits per heavy atom. The first-order valence-corrected chi connectivity index (χ1v) is 9.16. The Hall–Kier alpha value is -0.910. The molecule has 1 aromatic carbocycles. The third-order valence-electron chi connectivity index (χ3n) is 3.93. The van der Waals surface area contributed by atoms with Gasteiger partial charge in [0.1, 0.15) is 0 Å². The van der Waals surface area contributed by atoms with Gasteiger partial charge in [0.25, 0.3) is 0 Å². The van der Waals surface area contributed by atoms with Crippen LogP contribution in [-0.4, -0.2) is 25.8 Å². The SMILES string of the molecule is CCC(C)CN(CC)S(=O)(=O)c1cccc(C(N)CC)c1. The van der Waals surface area contributed by atoms with Crippen molar-refractivity contribution in [1.29, 1.82) is 0 Å². The molecule has 0 amide bonds. The predicted octanol–water partition coefficient (Wildman–Crippen LogP) is 3.15. The molecule has 0 heterocycles. The second-order valence-electron chi connectivity index (χ2n) is 5.56. The van der Waals surface area contributed by atoms with Crippen LogP contribution in [0.4, 0.5) is 0 Å². The van der Waals surface area contributed by atoms with Gasteiger partial charge in [-0.1, -0.05) is 46.2 Å². The van der Waals surface area contributed by atoms with Crippen LogP contribution >= 0.6 is 0 Å². The normalized spacial score (nSPS) is 15.1. The predicted molar refractivity (Wildman–Crippen MR) is 87.5 cm³/mol. The van der Waals surface area contributed by atoms with E-state index in [1.165, 1.54) is 0 Å². The van der Waals surface area contributed by atoms with Crippen molar-refractivity contribution < 1.29 is 8.42 Å². The van der Waals surface area contributed by atoms with Crippen LogP contribution in [0.25, 0.3) is 0 Å². The summed E-state index contributed by atoms with van der Waals surface area (Å²) in [5.74, 6) is 0.348. The number of hydrogen-bond acceptors (Lipinski definition) is 3. The third-order valence-corrected chi connectivity index (χ3v) is 5.87. The highest BCUT2D eigenvalue weighted by Crippen LogP contribution is 2.22. The lowest BCUT2D eigenvalue weighted by Crippen LogP contribution is -2.34. The third kappa shape index (κ3) is 4.53. The van der Waals surface area contributed by atoms with E-state index in [2.05, 4.69) is 13.8 Å². The Morgan fingerprint density at radius 3 is 2.38 bits per heavy atom. The Labute approximate surface area is 129 Å². The zero-order valence-corrected chi connectivity index (χ0v) is 14.4. The highest BCUT2D eigenvalue weighted by Gasteiger charge is 2.24. The Balaban J connectivity index is 3.11. The number of benzene rings is 1. The van der Waals surface area contributed by atoms with Crippen molar-refractivity contribution in [3.05, 3.63) is 29.8 Å². The van der Waals surface area contributed by atoms with Crippen LogP contribution in [0.15, 0.2) is 29.2 Å². The lowest BCUT2D eigenvalue weighted by atomic mass is 10.1. The standard InChI is InChI=1S/C16H28N2O2S/c1-5-13(4)12-18(7-3)21(19,20)15-10-8-9-14(11-15)16(17)6-2/h8-11,13,16H,5-7,12,17H2,1-4H3. The number of rotatable bonds is 8. The first kappa shape index (κ1) is 18.1. The van der Waals surface area contributed by atoms with E-state index in [-0.39, 0.29) is 6.04 Å². The molecule has 0 fully saturated rings. The quantitative estimate of drug-likeness (QED) is 0.802. The first-order valence-electron chi connectivity index (χ1n) is 7.72. The Kier molecular flexibility index (Phi) is 6.84. The van der Waals surface area contributed by atoms with E-state index in [0.29, 0.717) is 23.9 Å². The highest BCUT2D eigenvalue weighted by molar-refractivity contribution is 7.89. The fourth-order valence-electron chi connectivity index (χ4n) is 2.16. The second kappa shape index (κ2) is 7.92. The summed E-state index contributed by atoms with van der Waals surface area (Å²) in [5.41, 5.74) is 6.88. The molecule has 1 rings (SSSR count). The number of hydrogen-bond donors (Lipinski definition) is 1. The van der Waals surface area contributed by atoms with Crippen molar-refractivity contribution in [2.75, 3.05) is 13.1 Å². The number of nitrogens with zero attached hydrogens (tertiary/aromatic N) is 1. The molecule has 0 saturated carbocycles. The van der Waals surface area contributed by atoms with Gasteiger partial charge >= 0.3 is 0 Å². The molecule has 0 radical (unpaired) electrons. The van der Waals surface area contributed by atoms with Crippen LogP contribution in [0.1, 0.15) is 52.1 Å². The summed E-state index contributed by atoms with van der Waals surface area (Å²) in [6.07, 6.45) is 1.75. The zero-order chi connectivity index (χ0) is 16.0. The summed E-state index contributed by atoms with van der Waals surface area (Å²) >= 11 is 0. The van der Waals surface area contributed by atoms with Crippen LogP contribution in [0.2, 0.25) is 0 Å². The van der Waals surface area contributed by atoms with Crippen LogP contribution in [0.5, 0.6) is 0 Å². The molecule has 0 aliphatic rings. The Morgan fingerprint density at radius 1 is 1.19 bits per heavy atom. The fraction of sp³-hybridized carbons (Fsp3) is 0.625. The molecule has 120 valence electrons. The molecule has 0 spiro atoms. The number of sulfonamides is 1. The molecule has 0 aliphatic heterocycles. The summed E-state index contributed by atoms with van der Waals surface area (Å²) < 4.78 is 27.1. The van der Waals surface area contributed by atoms with Gasteiger partial charge in [0, 0.05) is 19.1 Å². The van der Waals surface area contributed by atoms with Gasteiger partial charge in [-0.05, 0) is 30.0 Å². The molecule has 4 nitrogen and oxygen atoms in total. The maximum Gasteiger partial charge on any atom is 0.243 e. The van der Waals surface area contributed by atoms with Crippen molar-refractivity contribution in [2.45, 2.75) is 51.5 Å². The van der Waals surface area contributed by atoms with Crippen molar-refractivity contribution >= 4 is 10.0 Å². The van der Waals surface area contributed by atoms with Crippen molar-refractivity contribution in [3.63, 3.8) is 0 Å². The van der Waals surface area contributed by atoms with Gasteiger partial charge in [-0.2, -0.15) is 4.31 Å². The minimum Gasteiger partial charge on any atom is -0.324 e. The van der Waals surface area contributed by atoms with Gasteiger partial charge in [-0.25, -0.2) is 8.42 Å². The second-order valence-corrected chi connectivity index (χ2v) is 7.49. The molecule has 0 bridgehead atoms. The van der Waals surface area contributed by atoms with E-state index in [1.807, 2.05) is 19.9 Å². The van der Waals surface area contributed by atoms with Crippen molar-refractivity contribution in [2.24, 2.45) is 11.7 Å². The summed E-state index contributed by atoms with van der Waals surface area (Å²) in [4.78, 5) is 0.342. The summed E-state index contributed by atoms with van der Waals surface area (Å²) in [5, 5.41) is 0. The minimum absolute atomic E-state index is 0.121. The first-order chi connectivity index (χ1) is 9.86. The van der Waals surface area contributed by atoms with Gasteiger partial charge < -0.3 is 5.73 Å². The highest BCUT2D eigenvalue weighted by atomic mass is 32.2. The maximum atomic E-state index is 12.8.